The summed E-state index contributed by atoms with van der Waals surface area (Å²) in [5, 5.41) is 10.9. The summed E-state index contributed by atoms with van der Waals surface area (Å²) in [5.74, 6) is -2.87. The highest BCUT2D eigenvalue weighted by Gasteiger charge is 2.68. The van der Waals surface area contributed by atoms with Crippen molar-refractivity contribution < 1.29 is 41.0 Å². The van der Waals surface area contributed by atoms with Gasteiger partial charge in [0.15, 0.2) is 5.60 Å². The van der Waals surface area contributed by atoms with Gasteiger partial charge in [-0.25, -0.2) is 0 Å². The number of allylic oxidation sites excluding steroid dienone is 1. The van der Waals surface area contributed by atoms with E-state index in [0.717, 1.165) is 0 Å². The molecule has 0 aromatic rings. The summed E-state index contributed by atoms with van der Waals surface area (Å²) < 4.78 is 76.9. The van der Waals surface area contributed by atoms with E-state index in [4.69, 9.17) is 0 Å². The smallest absolute Gasteiger partial charge is 0.399 e. The molecule has 3 nitrogen and oxygen atoms in total. The van der Waals surface area contributed by atoms with Crippen LogP contribution in [0.15, 0.2) is 12.7 Å². The molecule has 0 aliphatic rings. The van der Waals surface area contributed by atoms with E-state index < -0.39 is 30.5 Å². The summed E-state index contributed by atoms with van der Waals surface area (Å²) in [6.07, 6.45) is -9.35. The fraction of sp³-hybridized carbons (Fsp3) is 0.727. The standard InChI is InChI=1S/C11H13F6O3/c1-2-3-4-5-6-7-20-8(18)9(19,10(12,13)14)11(15,16)17/h2H,1,3-7H2/q-1. The van der Waals surface area contributed by atoms with E-state index in [2.05, 4.69) is 11.3 Å². The van der Waals surface area contributed by atoms with E-state index >= 15 is 0 Å². The molecule has 0 radical (unpaired) electrons. The van der Waals surface area contributed by atoms with E-state index in [1.54, 1.807) is 6.08 Å². The van der Waals surface area contributed by atoms with Crippen LogP contribution in [-0.4, -0.2) is 30.5 Å². The Morgan fingerprint density at radius 3 is 1.95 bits per heavy atom. The van der Waals surface area contributed by atoms with E-state index in [1.165, 1.54) is 0 Å². The van der Waals surface area contributed by atoms with Crippen molar-refractivity contribution in [2.45, 2.75) is 43.6 Å². The predicted octanol–water partition coefficient (Wildman–Crippen LogP) is 2.50. The first-order valence-electron chi connectivity index (χ1n) is 5.60. The molecule has 20 heavy (non-hydrogen) atoms. The van der Waals surface area contributed by atoms with Gasteiger partial charge in [0.05, 0.1) is 6.61 Å². The van der Waals surface area contributed by atoms with Gasteiger partial charge in [-0.1, -0.05) is 6.08 Å². The van der Waals surface area contributed by atoms with Gasteiger partial charge in [0.2, 0.25) is 0 Å². The Morgan fingerprint density at radius 2 is 1.55 bits per heavy atom. The van der Waals surface area contributed by atoms with Crippen LogP contribution in [-0.2, 0) is 9.53 Å². The van der Waals surface area contributed by atoms with Crippen molar-refractivity contribution in [3.63, 3.8) is 0 Å². The first-order valence-corrected chi connectivity index (χ1v) is 5.60. The monoisotopic (exact) mass is 307 g/mol. The minimum atomic E-state index is -6.31. The molecule has 0 rings (SSSR count). The van der Waals surface area contributed by atoms with Crippen molar-refractivity contribution in [1.29, 1.82) is 0 Å². The van der Waals surface area contributed by atoms with Crippen LogP contribution >= 0.6 is 0 Å². The van der Waals surface area contributed by atoms with Gasteiger partial charge in [-0.3, -0.25) is 4.79 Å². The van der Waals surface area contributed by atoms with Gasteiger partial charge in [0, 0.05) is 0 Å². The van der Waals surface area contributed by atoms with E-state index in [0.29, 0.717) is 19.3 Å². The van der Waals surface area contributed by atoms with Crippen LogP contribution in [0.2, 0.25) is 0 Å². The van der Waals surface area contributed by atoms with Crippen LogP contribution < -0.4 is 5.11 Å². The molecule has 118 valence electrons. The molecule has 0 aliphatic heterocycles. The molecule has 0 saturated heterocycles. The molecule has 0 N–H and O–H groups in total. The number of hydrogen-bond donors (Lipinski definition) is 0. The molecule has 0 spiro atoms. The van der Waals surface area contributed by atoms with Crippen molar-refractivity contribution >= 4 is 5.97 Å². The summed E-state index contributed by atoms with van der Waals surface area (Å²) in [6.45, 7) is 2.74. The van der Waals surface area contributed by atoms with Gasteiger partial charge in [0.25, 0.3) is 0 Å². The number of unbranched alkanes of at least 4 members (excludes halogenated alkanes) is 3. The number of rotatable bonds is 7. The first kappa shape index (κ1) is 18.8. The van der Waals surface area contributed by atoms with E-state index in [9.17, 15) is 36.2 Å². The number of carbonyl (C=O) groups excluding carboxylic acids is 1. The average Bonchev–Trinajstić information content (AvgIpc) is 2.29. The normalized spacial score (nSPS) is 13.2. The Balaban J connectivity index is 4.58. The van der Waals surface area contributed by atoms with Crippen molar-refractivity contribution in [3.8, 4) is 0 Å². The van der Waals surface area contributed by atoms with Crippen LogP contribution in [0.5, 0.6) is 0 Å². The maximum atomic E-state index is 12.2. The average molecular weight is 307 g/mol. The quantitative estimate of drug-likeness (QED) is 0.314. The predicted molar refractivity (Wildman–Crippen MR) is 54.5 cm³/mol. The fourth-order valence-electron chi connectivity index (χ4n) is 1.23. The zero-order valence-electron chi connectivity index (χ0n) is 10.3. The topological polar surface area (TPSA) is 49.4 Å². The van der Waals surface area contributed by atoms with Crippen molar-refractivity contribution in [1.82, 2.24) is 0 Å². The van der Waals surface area contributed by atoms with E-state index in [1.807, 2.05) is 0 Å². The Hall–Kier alpha value is -1.25. The van der Waals surface area contributed by atoms with Gasteiger partial charge >= 0.3 is 18.3 Å². The van der Waals surface area contributed by atoms with Crippen LogP contribution in [0, 0.1) is 0 Å². The molecule has 0 fully saturated rings. The lowest BCUT2D eigenvalue weighted by atomic mass is 10.0. The zero-order valence-corrected chi connectivity index (χ0v) is 10.3. The molecule has 0 aromatic heterocycles. The number of carbonyl (C=O) groups is 1. The van der Waals surface area contributed by atoms with Crippen LogP contribution in [0.3, 0.4) is 0 Å². The number of alkyl halides is 6. The second-order valence-corrected chi connectivity index (χ2v) is 3.95. The van der Waals surface area contributed by atoms with Gasteiger partial charge in [-0.15, -0.1) is 6.58 Å². The van der Waals surface area contributed by atoms with Gasteiger partial charge in [-0.05, 0) is 25.7 Å². The van der Waals surface area contributed by atoms with Gasteiger partial charge in [-0.2, -0.15) is 26.3 Å². The maximum absolute atomic E-state index is 12.2. The number of halogens is 6. The van der Waals surface area contributed by atoms with Crippen LogP contribution in [0.1, 0.15) is 25.7 Å². The molecule has 0 aromatic carbocycles. The Labute approximate surface area is 111 Å². The largest absolute Gasteiger partial charge is 0.828 e. The molecular weight excluding hydrogens is 294 g/mol. The Morgan fingerprint density at radius 1 is 1.05 bits per heavy atom. The summed E-state index contributed by atoms with van der Waals surface area (Å²) in [7, 11) is 0. The van der Waals surface area contributed by atoms with Crippen molar-refractivity contribution in [3.05, 3.63) is 12.7 Å². The lowest BCUT2D eigenvalue weighted by Crippen LogP contribution is -2.71. The van der Waals surface area contributed by atoms with E-state index in [-0.39, 0.29) is 6.42 Å². The molecule has 0 saturated carbocycles. The molecule has 0 atom stereocenters. The third-order valence-corrected chi connectivity index (χ3v) is 2.37. The molecule has 0 unspecified atom stereocenters. The lowest BCUT2D eigenvalue weighted by molar-refractivity contribution is -0.574. The third-order valence-electron chi connectivity index (χ3n) is 2.37. The minimum absolute atomic E-state index is 0.0609. The summed E-state index contributed by atoms with van der Waals surface area (Å²) >= 11 is 0. The maximum Gasteiger partial charge on any atom is 0.399 e. The molecule has 0 heterocycles. The highest BCUT2D eigenvalue weighted by atomic mass is 19.4. The molecule has 0 amide bonds. The summed E-state index contributed by atoms with van der Waals surface area (Å²) in [6, 6.07) is 0. The van der Waals surface area contributed by atoms with Crippen LogP contribution in [0.25, 0.3) is 0 Å². The third kappa shape index (κ3) is 4.39. The Bertz CT molecular complexity index is 320. The van der Waals surface area contributed by atoms with Crippen LogP contribution in [0.4, 0.5) is 26.3 Å². The second kappa shape index (κ2) is 6.96. The van der Waals surface area contributed by atoms with Gasteiger partial charge in [0.1, 0.15) is 0 Å². The molecule has 9 heteroatoms. The zero-order chi connectivity index (χ0) is 16.0. The fourth-order valence-corrected chi connectivity index (χ4v) is 1.23. The number of hydrogen-bond acceptors (Lipinski definition) is 3. The molecular formula is C11H13F6O3-. The molecule has 0 aliphatic carbocycles. The minimum Gasteiger partial charge on any atom is -0.828 e. The summed E-state index contributed by atoms with van der Waals surface area (Å²) in [5.41, 5.74) is -5.75. The number of ether oxygens (including phenoxy) is 1. The number of esters is 1. The second-order valence-electron chi connectivity index (χ2n) is 3.95. The molecule has 0 bridgehead atoms. The SMILES string of the molecule is C=CCCCCCOC(=O)C([O-])(C(F)(F)F)C(F)(F)F. The van der Waals surface area contributed by atoms with Crippen molar-refractivity contribution in [2.75, 3.05) is 6.61 Å². The lowest BCUT2D eigenvalue weighted by Gasteiger charge is -2.40. The highest BCUT2D eigenvalue weighted by molar-refractivity contribution is 5.81. The van der Waals surface area contributed by atoms with Crippen molar-refractivity contribution in [2.24, 2.45) is 0 Å². The summed E-state index contributed by atoms with van der Waals surface area (Å²) in [4.78, 5) is 10.9. The first-order chi connectivity index (χ1) is 8.98. The van der Waals surface area contributed by atoms with Gasteiger partial charge < -0.3 is 9.84 Å². The highest BCUT2D eigenvalue weighted by Crippen LogP contribution is 2.41. The Kier molecular flexibility index (Phi) is 6.52.